The topological polar surface area (TPSA) is 87.0 Å². The molecule has 0 fully saturated rings. The standard InChI is InChI=1S/C15H30O5/c1-9(2)12(17)6-7-13(18)14(19)8-15(11(5)16)20-10(3)4/h9-11,13-16,18-19H,6-8H2,1-5H3. The lowest BCUT2D eigenvalue weighted by molar-refractivity contribution is -0.123. The molecule has 0 heterocycles. The van der Waals surface area contributed by atoms with Crippen LogP contribution in [0.2, 0.25) is 0 Å². The van der Waals surface area contributed by atoms with E-state index >= 15 is 0 Å². The van der Waals surface area contributed by atoms with Gasteiger partial charge in [0.1, 0.15) is 5.78 Å². The molecule has 0 aliphatic rings. The second-order valence-corrected chi connectivity index (χ2v) is 5.99. The smallest absolute Gasteiger partial charge is 0.135 e. The molecule has 0 bridgehead atoms. The van der Waals surface area contributed by atoms with E-state index in [-0.39, 0.29) is 37.1 Å². The molecule has 5 nitrogen and oxygen atoms in total. The number of hydrogen-bond acceptors (Lipinski definition) is 5. The van der Waals surface area contributed by atoms with Gasteiger partial charge < -0.3 is 20.1 Å². The van der Waals surface area contributed by atoms with E-state index in [9.17, 15) is 20.1 Å². The molecule has 4 unspecified atom stereocenters. The zero-order chi connectivity index (χ0) is 15.9. The normalized spacial score (nSPS) is 18.1. The number of aliphatic hydroxyl groups excluding tert-OH is 3. The van der Waals surface area contributed by atoms with Crippen LogP contribution in [0.5, 0.6) is 0 Å². The number of ketones is 1. The summed E-state index contributed by atoms with van der Waals surface area (Å²) in [7, 11) is 0. The molecule has 0 aliphatic heterocycles. The van der Waals surface area contributed by atoms with Crippen LogP contribution in [0.3, 0.4) is 0 Å². The molecule has 3 N–H and O–H groups in total. The van der Waals surface area contributed by atoms with E-state index in [0.717, 1.165) is 0 Å². The van der Waals surface area contributed by atoms with Gasteiger partial charge in [-0.25, -0.2) is 0 Å². The van der Waals surface area contributed by atoms with E-state index in [1.807, 2.05) is 27.7 Å². The largest absolute Gasteiger partial charge is 0.391 e. The van der Waals surface area contributed by atoms with Gasteiger partial charge in [0.25, 0.3) is 0 Å². The van der Waals surface area contributed by atoms with E-state index in [4.69, 9.17) is 4.74 Å². The first-order valence-corrected chi connectivity index (χ1v) is 7.37. The van der Waals surface area contributed by atoms with Crippen molar-refractivity contribution in [2.24, 2.45) is 5.92 Å². The molecule has 0 radical (unpaired) electrons. The highest BCUT2D eigenvalue weighted by atomic mass is 16.5. The third-order valence-corrected chi connectivity index (χ3v) is 3.23. The van der Waals surface area contributed by atoms with Crippen LogP contribution in [0.15, 0.2) is 0 Å². The summed E-state index contributed by atoms with van der Waals surface area (Å²) in [6.45, 7) is 8.91. The van der Waals surface area contributed by atoms with Crippen LogP contribution in [0.1, 0.15) is 53.9 Å². The number of rotatable bonds is 10. The maximum Gasteiger partial charge on any atom is 0.135 e. The number of carbonyl (C=O) groups excluding carboxylic acids is 1. The van der Waals surface area contributed by atoms with Crippen molar-refractivity contribution in [2.45, 2.75) is 84.4 Å². The van der Waals surface area contributed by atoms with Gasteiger partial charge in [-0.2, -0.15) is 0 Å². The van der Waals surface area contributed by atoms with Gasteiger partial charge in [-0.1, -0.05) is 13.8 Å². The SMILES string of the molecule is CC(C)OC(CC(O)C(O)CCC(=O)C(C)C)C(C)O. The minimum absolute atomic E-state index is 0.0613. The molecular weight excluding hydrogens is 260 g/mol. The van der Waals surface area contributed by atoms with Crippen LogP contribution in [-0.2, 0) is 9.53 Å². The first-order valence-electron chi connectivity index (χ1n) is 7.37. The van der Waals surface area contributed by atoms with Crippen molar-refractivity contribution in [3.05, 3.63) is 0 Å². The fourth-order valence-corrected chi connectivity index (χ4v) is 1.88. The van der Waals surface area contributed by atoms with Crippen LogP contribution >= 0.6 is 0 Å². The molecule has 0 saturated heterocycles. The van der Waals surface area contributed by atoms with Gasteiger partial charge >= 0.3 is 0 Å². The summed E-state index contributed by atoms with van der Waals surface area (Å²) >= 11 is 0. The van der Waals surface area contributed by atoms with Crippen molar-refractivity contribution in [1.82, 2.24) is 0 Å². The Kier molecular flexibility index (Phi) is 9.22. The minimum Gasteiger partial charge on any atom is -0.391 e. The highest BCUT2D eigenvalue weighted by Crippen LogP contribution is 2.16. The number of carbonyl (C=O) groups is 1. The van der Waals surface area contributed by atoms with Crippen molar-refractivity contribution in [1.29, 1.82) is 0 Å². The summed E-state index contributed by atoms with van der Waals surface area (Å²) in [6.07, 6.45) is -2.68. The number of aliphatic hydroxyl groups is 3. The monoisotopic (exact) mass is 290 g/mol. The second kappa shape index (κ2) is 9.45. The van der Waals surface area contributed by atoms with Crippen LogP contribution in [0.25, 0.3) is 0 Å². The third kappa shape index (κ3) is 7.94. The molecule has 0 rings (SSSR count). The lowest BCUT2D eigenvalue weighted by Crippen LogP contribution is -2.37. The molecule has 0 aromatic heterocycles. The molecule has 0 spiro atoms. The summed E-state index contributed by atoms with van der Waals surface area (Å²) < 4.78 is 5.51. The Hall–Kier alpha value is -0.490. The van der Waals surface area contributed by atoms with Crippen molar-refractivity contribution in [3.63, 3.8) is 0 Å². The number of ether oxygens (including phenoxy) is 1. The molecule has 20 heavy (non-hydrogen) atoms. The Morgan fingerprint density at radius 3 is 1.95 bits per heavy atom. The van der Waals surface area contributed by atoms with Crippen LogP contribution in [0.4, 0.5) is 0 Å². The fourth-order valence-electron chi connectivity index (χ4n) is 1.88. The minimum atomic E-state index is -1.01. The fraction of sp³-hybridized carbons (Fsp3) is 0.933. The lowest BCUT2D eigenvalue weighted by Gasteiger charge is -2.27. The Bertz CT molecular complexity index is 275. The highest BCUT2D eigenvalue weighted by molar-refractivity contribution is 5.80. The molecule has 0 aromatic rings. The summed E-state index contributed by atoms with van der Waals surface area (Å²) in [6, 6.07) is 0. The van der Waals surface area contributed by atoms with Gasteiger partial charge in [0.05, 0.1) is 30.5 Å². The third-order valence-electron chi connectivity index (χ3n) is 3.23. The van der Waals surface area contributed by atoms with E-state index < -0.39 is 24.4 Å². The average Bonchev–Trinajstić information content (AvgIpc) is 2.33. The number of Topliss-reactive ketones (excluding diaryl/α,β-unsaturated/α-hetero) is 1. The van der Waals surface area contributed by atoms with Gasteiger partial charge in [0, 0.05) is 18.8 Å². The van der Waals surface area contributed by atoms with Gasteiger partial charge in [0.2, 0.25) is 0 Å². The molecule has 120 valence electrons. The Morgan fingerprint density at radius 1 is 1.00 bits per heavy atom. The van der Waals surface area contributed by atoms with Crippen molar-refractivity contribution in [3.8, 4) is 0 Å². The maximum atomic E-state index is 11.5. The van der Waals surface area contributed by atoms with E-state index in [2.05, 4.69) is 0 Å². The summed E-state index contributed by atoms with van der Waals surface area (Å²) in [5.41, 5.74) is 0. The van der Waals surface area contributed by atoms with Gasteiger partial charge in [-0.15, -0.1) is 0 Å². The lowest BCUT2D eigenvalue weighted by atomic mass is 9.97. The Balaban J connectivity index is 4.27. The average molecular weight is 290 g/mol. The summed E-state index contributed by atoms with van der Waals surface area (Å²) in [4.78, 5) is 11.5. The number of hydrogen-bond donors (Lipinski definition) is 3. The summed E-state index contributed by atoms with van der Waals surface area (Å²) in [5, 5.41) is 29.4. The first-order chi connectivity index (χ1) is 9.15. The molecule has 0 amide bonds. The molecular formula is C15H30O5. The molecule has 4 atom stereocenters. The van der Waals surface area contributed by atoms with Crippen LogP contribution in [-0.4, -0.2) is 51.6 Å². The predicted octanol–water partition coefficient (Wildman–Crippen LogP) is 1.28. The van der Waals surface area contributed by atoms with E-state index in [1.54, 1.807) is 6.92 Å². The molecule has 0 saturated carbocycles. The van der Waals surface area contributed by atoms with Crippen LogP contribution < -0.4 is 0 Å². The van der Waals surface area contributed by atoms with E-state index in [0.29, 0.717) is 0 Å². The molecule has 5 heteroatoms. The van der Waals surface area contributed by atoms with Crippen LogP contribution in [0, 0.1) is 5.92 Å². The first kappa shape index (κ1) is 19.5. The second-order valence-electron chi connectivity index (χ2n) is 5.99. The van der Waals surface area contributed by atoms with Crippen molar-refractivity contribution in [2.75, 3.05) is 0 Å². The molecule has 0 aromatic carbocycles. The van der Waals surface area contributed by atoms with E-state index in [1.165, 1.54) is 0 Å². The van der Waals surface area contributed by atoms with Crippen molar-refractivity contribution < 1.29 is 24.9 Å². The van der Waals surface area contributed by atoms with Gasteiger partial charge in [-0.3, -0.25) is 4.79 Å². The maximum absolute atomic E-state index is 11.5. The quantitative estimate of drug-likeness (QED) is 0.564. The zero-order valence-corrected chi connectivity index (χ0v) is 13.2. The zero-order valence-electron chi connectivity index (χ0n) is 13.2. The van der Waals surface area contributed by atoms with Gasteiger partial charge in [0.15, 0.2) is 0 Å². The Morgan fingerprint density at radius 2 is 1.55 bits per heavy atom. The Labute approximate surface area is 122 Å². The van der Waals surface area contributed by atoms with Gasteiger partial charge in [-0.05, 0) is 27.2 Å². The van der Waals surface area contributed by atoms with Crippen molar-refractivity contribution >= 4 is 5.78 Å². The predicted molar refractivity (Wildman–Crippen MR) is 77.4 cm³/mol. The highest BCUT2D eigenvalue weighted by Gasteiger charge is 2.26. The summed E-state index contributed by atoms with van der Waals surface area (Å²) in [5.74, 6) is 0.00980. The molecule has 0 aliphatic carbocycles.